The first-order chi connectivity index (χ1) is 44.6. The molecule has 2 heteroatoms. The van der Waals surface area contributed by atoms with Crippen molar-refractivity contribution >= 4 is 119 Å². The summed E-state index contributed by atoms with van der Waals surface area (Å²) in [5.41, 5.74) is 20.0. The molecule has 2 heterocycles. The first-order valence-electron chi connectivity index (χ1n) is 31.0. The molecule has 0 aliphatic carbocycles. The Bertz CT molecular complexity index is 6080. The van der Waals surface area contributed by atoms with Crippen LogP contribution in [0, 0.1) is 0 Å². The van der Waals surface area contributed by atoms with E-state index in [-0.39, 0.29) is 0 Å². The maximum atomic E-state index is 7.32. The molecule has 0 amide bonds. The highest BCUT2D eigenvalue weighted by Crippen LogP contribution is 2.52. The van der Waals surface area contributed by atoms with Crippen LogP contribution in [0.25, 0.3) is 197 Å². The van der Waals surface area contributed by atoms with Crippen molar-refractivity contribution in [2.75, 3.05) is 0 Å². The fourth-order valence-corrected chi connectivity index (χ4v) is 15.2. The quantitative estimate of drug-likeness (QED) is 0.149. The molecule has 17 aromatic carbocycles. The van der Waals surface area contributed by atoms with Crippen LogP contribution in [0.5, 0.6) is 0 Å². The third kappa shape index (κ3) is 7.65. The van der Waals surface area contributed by atoms with E-state index in [1.54, 1.807) is 0 Å². The topological polar surface area (TPSA) is 26.3 Å². The highest BCUT2D eigenvalue weighted by atomic mass is 16.3. The van der Waals surface area contributed by atoms with Crippen LogP contribution in [0.2, 0.25) is 0 Å². The molecular weight excluding hydrogens is 1090 g/mol. The molecule has 2 aromatic heterocycles. The van der Waals surface area contributed by atoms with Gasteiger partial charge in [0.05, 0.1) is 0 Å². The van der Waals surface area contributed by atoms with Gasteiger partial charge >= 0.3 is 0 Å². The molecule has 0 radical (unpaired) electrons. The number of benzene rings is 17. The van der Waals surface area contributed by atoms with E-state index in [1.807, 2.05) is 0 Å². The monoisotopic (exact) mass is 1140 g/mol. The molecule has 19 rings (SSSR count). The Morgan fingerprint density at radius 2 is 0.589 bits per heavy atom. The molecule has 0 atom stereocenters. The summed E-state index contributed by atoms with van der Waals surface area (Å²) in [7, 11) is 0. The second-order valence-electron chi connectivity index (χ2n) is 24.1. The summed E-state index contributed by atoms with van der Waals surface area (Å²) in [6.07, 6.45) is 0. The summed E-state index contributed by atoms with van der Waals surface area (Å²) in [6, 6.07) is 116. The van der Waals surface area contributed by atoms with Crippen molar-refractivity contribution in [3.8, 4) is 77.9 Å². The molecule has 0 bridgehead atoms. The third-order valence-corrected chi connectivity index (χ3v) is 19.2. The number of furan rings is 2. The molecule has 0 saturated heterocycles. The fraction of sp³-hybridized carbons (Fsp3) is 0. The zero-order valence-corrected chi connectivity index (χ0v) is 48.8. The minimum atomic E-state index is 0.880. The van der Waals surface area contributed by atoms with Crippen LogP contribution in [0.15, 0.2) is 324 Å². The van der Waals surface area contributed by atoms with E-state index >= 15 is 0 Å². The first kappa shape index (κ1) is 50.3. The SMILES string of the molecule is c1cc(-c2ccc3ccccc3c2)cc(-c2c3ccccc3c(-c3ccc(-c4ccc(-c5ccc(-c6c7ccccc7c(-c7cc8ccccc8c8oc9ccccc9c78)c7ccccc67)cc5)cc4)c4oc5c6ccccc6ccc5c34)c3ccccc23)c1. The predicted molar refractivity (Wildman–Crippen MR) is 382 cm³/mol. The lowest BCUT2D eigenvalue weighted by atomic mass is 9.83. The highest BCUT2D eigenvalue weighted by molar-refractivity contribution is 6.30. The van der Waals surface area contributed by atoms with Crippen molar-refractivity contribution in [3.05, 3.63) is 315 Å². The Hall–Kier alpha value is -11.8. The maximum Gasteiger partial charge on any atom is 0.143 e. The summed E-state index contributed by atoms with van der Waals surface area (Å²) < 4.78 is 14.1. The first-order valence-corrected chi connectivity index (χ1v) is 31.0. The summed E-state index contributed by atoms with van der Waals surface area (Å²) in [5, 5.41) is 21.2. The molecular formula is C88H52O2. The molecule has 0 unspecified atom stereocenters. The summed E-state index contributed by atoms with van der Waals surface area (Å²) in [6.45, 7) is 0. The second-order valence-corrected chi connectivity index (χ2v) is 24.1. The van der Waals surface area contributed by atoms with Crippen molar-refractivity contribution < 1.29 is 8.83 Å². The standard InChI is InChI=1S/C88H52O2/c1-2-20-59-50-61(45-40-53(59)18-1)60-22-17-23-63(51-60)81-69-28-9-11-30-71(69)82(72-31-12-10-29-70(72)81)76-49-48-66(88-85(76)77-47-46-56-19-3-5-24-64(56)86(77)90-88)57-41-36-54(37-42-57)55-38-43-58(44-39-55)80-67-26-7-13-32-73(67)83(74-33-14-8-27-68(74)80)78-52-62-21-4-6-25-65(62)87-84(78)75-34-15-16-35-79(75)89-87/h1-52H. The van der Waals surface area contributed by atoms with Gasteiger partial charge in [-0.05, 0) is 173 Å². The lowest BCUT2D eigenvalue weighted by Gasteiger charge is -2.19. The number of rotatable bonds is 7. The molecule has 416 valence electrons. The minimum Gasteiger partial charge on any atom is -0.455 e. The third-order valence-electron chi connectivity index (χ3n) is 19.2. The average molecular weight is 1140 g/mol. The fourth-order valence-electron chi connectivity index (χ4n) is 15.2. The van der Waals surface area contributed by atoms with Crippen LogP contribution >= 0.6 is 0 Å². The van der Waals surface area contributed by atoms with E-state index in [4.69, 9.17) is 8.83 Å². The minimum absolute atomic E-state index is 0.880. The number of hydrogen-bond acceptors (Lipinski definition) is 2. The van der Waals surface area contributed by atoms with E-state index < -0.39 is 0 Å². The largest absolute Gasteiger partial charge is 0.455 e. The van der Waals surface area contributed by atoms with Gasteiger partial charge in [-0.3, -0.25) is 0 Å². The van der Waals surface area contributed by atoms with Gasteiger partial charge in [0.15, 0.2) is 0 Å². The number of para-hydroxylation sites is 1. The Morgan fingerprint density at radius 3 is 1.22 bits per heavy atom. The van der Waals surface area contributed by atoms with E-state index in [0.29, 0.717) is 0 Å². The van der Waals surface area contributed by atoms with Crippen molar-refractivity contribution in [1.29, 1.82) is 0 Å². The molecule has 0 saturated carbocycles. The Labute approximate surface area is 518 Å². The van der Waals surface area contributed by atoms with Crippen LogP contribution in [0.1, 0.15) is 0 Å². The van der Waals surface area contributed by atoms with Gasteiger partial charge in [0.25, 0.3) is 0 Å². The summed E-state index contributed by atoms with van der Waals surface area (Å²) in [4.78, 5) is 0. The molecule has 0 aliphatic rings. The van der Waals surface area contributed by atoms with Gasteiger partial charge in [0.1, 0.15) is 22.3 Å². The van der Waals surface area contributed by atoms with Gasteiger partial charge in [-0.15, -0.1) is 0 Å². The molecule has 2 nitrogen and oxygen atoms in total. The van der Waals surface area contributed by atoms with Gasteiger partial charge in [0, 0.05) is 37.9 Å². The van der Waals surface area contributed by atoms with Crippen molar-refractivity contribution in [3.63, 3.8) is 0 Å². The van der Waals surface area contributed by atoms with Gasteiger partial charge in [-0.2, -0.15) is 0 Å². The van der Waals surface area contributed by atoms with Gasteiger partial charge in [-0.25, -0.2) is 0 Å². The normalized spacial score (nSPS) is 12.0. The summed E-state index contributed by atoms with van der Waals surface area (Å²) >= 11 is 0. The molecule has 0 spiro atoms. The van der Waals surface area contributed by atoms with Crippen LogP contribution < -0.4 is 0 Å². The number of fused-ring (bicyclic) bond motifs is 15. The van der Waals surface area contributed by atoms with E-state index in [1.165, 1.54) is 104 Å². The van der Waals surface area contributed by atoms with E-state index in [2.05, 4.69) is 315 Å². The van der Waals surface area contributed by atoms with Crippen LogP contribution in [-0.4, -0.2) is 0 Å². The van der Waals surface area contributed by atoms with Crippen molar-refractivity contribution in [2.24, 2.45) is 0 Å². The average Bonchev–Trinajstić information content (AvgIpc) is 1.34. The molecule has 0 N–H and O–H groups in total. The predicted octanol–water partition coefficient (Wildman–Crippen LogP) is 25.2. The Kier molecular flexibility index (Phi) is 11.1. The number of hydrogen-bond donors (Lipinski definition) is 0. The van der Waals surface area contributed by atoms with Crippen LogP contribution in [0.4, 0.5) is 0 Å². The maximum absolute atomic E-state index is 7.32. The Morgan fingerprint density at radius 1 is 0.167 bits per heavy atom. The zero-order chi connectivity index (χ0) is 59.0. The van der Waals surface area contributed by atoms with Gasteiger partial charge in [0.2, 0.25) is 0 Å². The van der Waals surface area contributed by atoms with E-state index in [9.17, 15) is 0 Å². The van der Waals surface area contributed by atoms with E-state index in [0.717, 1.165) is 93.2 Å². The molecule has 0 fully saturated rings. The van der Waals surface area contributed by atoms with Crippen LogP contribution in [0.3, 0.4) is 0 Å². The van der Waals surface area contributed by atoms with Crippen molar-refractivity contribution in [2.45, 2.75) is 0 Å². The highest BCUT2D eigenvalue weighted by Gasteiger charge is 2.26. The molecule has 90 heavy (non-hydrogen) atoms. The lowest BCUT2D eigenvalue weighted by molar-refractivity contribution is 0.672. The zero-order valence-electron chi connectivity index (χ0n) is 48.8. The van der Waals surface area contributed by atoms with Crippen molar-refractivity contribution in [1.82, 2.24) is 0 Å². The molecule has 19 aromatic rings. The molecule has 0 aliphatic heterocycles. The van der Waals surface area contributed by atoms with Crippen LogP contribution in [-0.2, 0) is 0 Å². The smallest absolute Gasteiger partial charge is 0.143 e. The Balaban J connectivity index is 0.730. The summed E-state index contributed by atoms with van der Waals surface area (Å²) in [5.74, 6) is 0. The van der Waals surface area contributed by atoms with Gasteiger partial charge in [-0.1, -0.05) is 279 Å². The lowest BCUT2D eigenvalue weighted by Crippen LogP contribution is -1.92. The van der Waals surface area contributed by atoms with Gasteiger partial charge < -0.3 is 8.83 Å². The second kappa shape index (κ2) is 19.8.